The zero-order valence-corrected chi connectivity index (χ0v) is 10.8. The summed E-state index contributed by atoms with van der Waals surface area (Å²) in [7, 11) is 0. The van der Waals surface area contributed by atoms with Gasteiger partial charge < -0.3 is 4.79 Å². The van der Waals surface area contributed by atoms with Crippen molar-refractivity contribution in [2.24, 2.45) is 0 Å². The molecule has 0 bridgehead atoms. The molecule has 0 saturated heterocycles. The maximum atomic E-state index is 10.5. The van der Waals surface area contributed by atoms with Gasteiger partial charge in [-0.15, -0.1) is 11.3 Å². The molecule has 88 valence electrons. The van der Waals surface area contributed by atoms with Crippen LogP contribution < -0.4 is 0 Å². The molecular formula is C14H15NOS. The van der Waals surface area contributed by atoms with Crippen molar-refractivity contribution in [1.82, 2.24) is 4.98 Å². The molecule has 0 aliphatic rings. The van der Waals surface area contributed by atoms with Crippen molar-refractivity contribution < 1.29 is 4.79 Å². The number of benzene rings is 1. The van der Waals surface area contributed by atoms with Crippen LogP contribution in [0.5, 0.6) is 0 Å². The quantitative estimate of drug-likeness (QED) is 0.767. The third-order valence-electron chi connectivity index (χ3n) is 2.94. The van der Waals surface area contributed by atoms with Crippen molar-refractivity contribution in [3.8, 4) is 10.4 Å². The molecule has 0 unspecified atom stereocenters. The van der Waals surface area contributed by atoms with E-state index in [1.807, 2.05) is 12.4 Å². The van der Waals surface area contributed by atoms with Crippen molar-refractivity contribution in [3.63, 3.8) is 0 Å². The van der Waals surface area contributed by atoms with Crippen LogP contribution in [0.1, 0.15) is 30.5 Å². The van der Waals surface area contributed by atoms with Crippen LogP contribution in [0.15, 0.2) is 29.8 Å². The molecule has 2 nitrogen and oxygen atoms in total. The van der Waals surface area contributed by atoms with E-state index < -0.39 is 0 Å². The van der Waals surface area contributed by atoms with E-state index >= 15 is 0 Å². The zero-order valence-electron chi connectivity index (χ0n) is 10.0. The average molecular weight is 245 g/mol. The van der Waals surface area contributed by atoms with Crippen LogP contribution in [0.25, 0.3) is 10.4 Å². The highest BCUT2D eigenvalue weighted by Gasteiger charge is 2.07. The second kappa shape index (κ2) is 5.23. The molecule has 0 N–H and O–H groups in total. The third-order valence-corrected chi connectivity index (χ3v) is 3.91. The second-order valence-corrected chi connectivity index (χ2v) is 5.05. The molecule has 2 aromatic rings. The Bertz CT molecular complexity index is 501. The van der Waals surface area contributed by atoms with Crippen LogP contribution in [-0.4, -0.2) is 11.3 Å². The van der Waals surface area contributed by atoms with Gasteiger partial charge in [0.05, 0.1) is 16.1 Å². The molecule has 1 heterocycles. The summed E-state index contributed by atoms with van der Waals surface area (Å²) in [5.74, 6) is 0.295. The molecule has 0 aliphatic heterocycles. The highest BCUT2D eigenvalue weighted by molar-refractivity contribution is 7.13. The van der Waals surface area contributed by atoms with E-state index in [0.29, 0.717) is 12.3 Å². The van der Waals surface area contributed by atoms with Crippen molar-refractivity contribution in [2.75, 3.05) is 0 Å². The number of aromatic nitrogens is 1. The van der Waals surface area contributed by atoms with E-state index in [-0.39, 0.29) is 0 Å². The summed E-state index contributed by atoms with van der Waals surface area (Å²) < 4.78 is 0. The van der Waals surface area contributed by atoms with Gasteiger partial charge in [-0.2, -0.15) is 0 Å². The van der Waals surface area contributed by atoms with E-state index in [0.717, 1.165) is 12.0 Å². The van der Waals surface area contributed by atoms with E-state index in [1.54, 1.807) is 11.3 Å². The van der Waals surface area contributed by atoms with Crippen molar-refractivity contribution in [2.45, 2.75) is 26.2 Å². The predicted octanol–water partition coefficient (Wildman–Crippen LogP) is 3.81. The number of nitrogens with zero attached hydrogens (tertiary/aromatic N) is 1. The van der Waals surface area contributed by atoms with Crippen molar-refractivity contribution >= 4 is 17.6 Å². The number of hydrogen-bond acceptors (Lipinski definition) is 3. The van der Waals surface area contributed by atoms with Gasteiger partial charge in [0.2, 0.25) is 0 Å². The third kappa shape index (κ3) is 2.61. The zero-order chi connectivity index (χ0) is 12.3. The molecule has 0 amide bonds. The Hall–Kier alpha value is -1.48. The lowest BCUT2D eigenvalue weighted by molar-refractivity contribution is -0.108. The van der Waals surface area contributed by atoms with Gasteiger partial charge in [-0.25, -0.2) is 4.98 Å². The Morgan fingerprint density at radius 2 is 2.06 bits per heavy atom. The van der Waals surface area contributed by atoms with Crippen molar-refractivity contribution in [1.29, 1.82) is 0 Å². The molecule has 0 fully saturated rings. The van der Waals surface area contributed by atoms with Crippen LogP contribution in [0.3, 0.4) is 0 Å². The van der Waals surface area contributed by atoms with E-state index in [2.05, 4.69) is 36.2 Å². The monoisotopic (exact) mass is 245 g/mol. The van der Waals surface area contributed by atoms with Crippen LogP contribution in [0, 0.1) is 6.92 Å². The molecule has 0 saturated carbocycles. The molecule has 1 aromatic carbocycles. The highest BCUT2D eigenvalue weighted by Crippen LogP contribution is 2.28. The first-order chi connectivity index (χ1) is 8.22. The fourth-order valence-electron chi connectivity index (χ4n) is 1.82. The number of carbonyl (C=O) groups excluding carboxylic acids is 1. The van der Waals surface area contributed by atoms with Gasteiger partial charge in [0.1, 0.15) is 6.29 Å². The van der Waals surface area contributed by atoms with Gasteiger partial charge in [0, 0.05) is 6.42 Å². The summed E-state index contributed by atoms with van der Waals surface area (Å²) in [6.07, 6.45) is 1.56. The minimum absolute atomic E-state index is 0.295. The normalized spacial score (nSPS) is 12.4. The minimum Gasteiger partial charge on any atom is -0.303 e. The number of hydrogen-bond donors (Lipinski definition) is 0. The maximum absolute atomic E-state index is 10.5. The number of thiazole rings is 1. The molecule has 1 aromatic heterocycles. The summed E-state index contributed by atoms with van der Waals surface area (Å²) in [4.78, 5) is 16.0. The van der Waals surface area contributed by atoms with E-state index in [1.165, 1.54) is 16.0 Å². The van der Waals surface area contributed by atoms with Gasteiger partial charge in [-0.05, 0) is 24.0 Å². The Balaban J connectivity index is 2.24. The standard InChI is InChI=1S/C14H15NOS/c1-10(7-8-16)12-3-5-13(6-4-12)14-11(2)15-9-17-14/h3-6,8-10H,7H2,1-2H3/t10-/m1/s1. The summed E-state index contributed by atoms with van der Waals surface area (Å²) in [5.41, 5.74) is 5.35. The Morgan fingerprint density at radius 1 is 1.35 bits per heavy atom. The van der Waals surface area contributed by atoms with E-state index in [9.17, 15) is 4.79 Å². The summed E-state index contributed by atoms with van der Waals surface area (Å²) in [5, 5.41) is 0. The minimum atomic E-state index is 0.295. The van der Waals surface area contributed by atoms with Crippen LogP contribution in [-0.2, 0) is 4.79 Å². The number of aryl methyl sites for hydroxylation is 1. The Labute approximate surface area is 105 Å². The fraction of sp³-hybridized carbons (Fsp3) is 0.286. The van der Waals surface area contributed by atoms with Gasteiger partial charge in [-0.1, -0.05) is 31.2 Å². The number of rotatable bonds is 4. The fourth-order valence-corrected chi connectivity index (χ4v) is 2.63. The lowest BCUT2D eigenvalue weighted by Crippen LogP contribution is -1.93. The number of carbonyl (C=O) groups is 1. The highest BCUT2D eigenvalue weighted by atomic mass is 32.1. The second-order valence-electron chi connectivity index (χ2n) is 4.19. The molecular weight excluding hydrogens is 230 g/mol. The molecule has 1 atom stereocenters. The number of aldehydes is 1. The van der Waals surface area contributed by atoms with Crippen molar-refractivity contribution in [3.05, 3.63) is 41.0 Å². The lowest BCUT2D eigenvalue weighted by atomic mass is 9.97. The SMILES string of the molecule is Cc1ncsc1-c1ccc([C@H](C)CC=O)cc1. The Kier molecular flexibility index (Phi) is 3.69. The lowest BCUT2D eigenvalue weighted by Gasteiger charge is -2.08. The van der Waals surface area contributed by atoms with Gasteiger partial charge in [0.15, 0.2) is 0 Å². The van der Waals surface area contributed by atoms with Crippen LogP contribution in [0.2, 0.25) is 0 Å². The summed E-state index contributed by atoms with van der Waals surface area (Å²) in [6.45, 7) is 4.09. The summed E-state index contributed by atoms with van der Waals surface area (Å²) >= 11 is 1.66. The summed E-state index contributed by atoms with van der Waals surface area (Å²) in [6, 6.07) is 8.42. The molecule has 0 aliphatic carbocycles. The first kappa shape index (κ1) is 12.0. The smallest absolute Gasteiger partial charge is 0.120 e. The molecule has 3 heteroatoms. The Morgan fingerprint density at radius 3 is 2.59 bits per heavy atom. The predicted molar refractivity (Wildman–Crippen MR) is 71.4 cm³/mol. The van der Waals surface area contributed by atoms with Crippen LogP contribution >= 0.6 is 11.3 Å². The van der Waals surface area contributed by atoms with E-state index in [4.69, 9.17) is 0 Å². The average Bonchev–Trinajstić information content (AvgIpc) is 2.76. The molecule has 17 heavy (non-hydrogen) atoms. The maximum Gasteiger partial charge on any atom is 0.120 e. The van der Waals surface area contributed by atoms with Gasteiger partial charge >= 0.3 is 0 Å². The first-order valence-electron chi connectivity index (χ1n) is 5.66. The molecule has 0 radical (unpaired) electrons. The molecule has 2 rings (SSSR count). The first-order valence-corrected chi connectivity index (χ1v) is 6.54. The topological polar surface area (TPSA) is 30.0 Å². The van der Waals surface area contributed by atoms with Gasteiger partial charge in [-0.3, -0.25) is 0 Å². The van der Waals surface area contributed by atoms with Gasteiger partial charge in [0.25, 0.3) is 0 Å². The van der Waals surface area contributed by atoms with Crippen LogP contribution in [0.4, 0.5) is 0 Å². The largest absolute Gasteiger partial charge is 0.303 e. The molecule has 0 spiro atoms.